The first-order chi connectivity index (χ1) is 11.0. The van der Waals surface area contributed by atoms with Gasteiger partial charge in [0.2, 0.25) is 6.10 Å². The molecule has 1 aromatic carbocycles. The Hall–Kier alpha value is -1.69. The number of rotatable bonds is 4. The van der Waals surface area contributed by atoms with Crippen LogP contribution >= 0.6 is 11.6 Å². The predicted molar refractivity (Wildman–Crippen MR) is 85.5 cm³/mol. The molecule has 1 heterocycles. The largest absolute Gasteiger partial charge is 0.478 e. The van der Waals surface area contributed by atoms with Gasteiger partial charge in [0, 0.05) is 10.6 Å². The van der Waals surface area contributed by atoms with Crippen LogP contribution in [-0.2, 0) is 10.2 Å². The van der Waals surface area contributed by atoms with Crippen LogP contribution in [0.25, 0.3) is 6.08 Å². The van der Waals surface area contributed by atoms with Crippen LogP contribution in [-0.4, -0.2) is 23.4 Å². The topological polar surface area (TPSA) is 46.5 Å². The van der Waals surface area contributed by atoms with Crippen molar-refractivity contribution >= 4 is 23.6 Å². The van der Waals surface area contributed by atoms with Crippen molar-refractivity contribution in [2.45, 2.75) is 51.3 Å². The molecule has 1 N–H and O–H groups in total. The van der Waals surface area contributed by atoms with Gasteiger partial charge >= 0.3 is 12.1 Å². The molecule has 1 aromatic rings. The Kier molecular flexibility index (Phi) is 4.91. The Labute approximate surface area is 143 Å². The summed E-state index contributed by atoms with van der Waals surface area (Å²) in [5.74, 6) is -1.68. The minimum absolute atomic E-state index is 0.00842. The zero-order chi connectivity index (χ0) is 18.3. The van der Waals surface area contributed by atoms with Crippen LogP contribution in [0.2, 0.25) is 5.02 Å². The van der Waals surface area contributed by atoms with E-state index in [4.69, 9.17) is 21.4 Å². The van der Waals surface area contributed by atoms with Gasteiger partial charge in [0.1, 0.15) is 5.75 Å². The number of alkyl halides is 3. The third-order valence-corrected chi connectivity index (χ3v) is 4.40. The second-order valence-electron chi connectivity index (χ2n) is 6.45. The van der Waals surface area contributed by atoms with Crippen LogP contribution < -0.4 is 4.74 Å². The lowest BCUT2D eigenvalue weighted by Crippen LogP contribution is -2.40. The number of fused-ring (bicyclic) bond motifs is 1. The molecule has 0 saturated carbocycles. The molecule has 0 fully saturated rings. The molecule has 0 amide bonds. The lowest BCUT2D eigenvalue weighted by Gasteiger charge is -2.31. The molecule has 2 rings (SSSR count). The van der Waals surface area contributed by atoms with Gasteiger partial charge in [-0.25, -0.2) is 4.79 Å². The van der Waals surface area contributed by atoms with E-state index in [1.165, 1.54) is 12.1 Å². The highest BCUT2D eigenvalue weighted by atomic mass is 35.5. The molecule has 1 aliphatic rings. The summed E-state index contributed by atoms with van der Waals surface area (Å²) in [4.78, 5) is 11.1. The van der Waals surface area contributed by atoms with Gasteiger partial charge in [-0.2, -0.15) is 13.2 Å². The summed E-state index contributed by atoms with van der Waals surface area (Å²) in [5.41, 5.74) is -0.284. The van der Waals surface area contributed by atoms with Crippen molar-refractivity contribution in [2.24, 2.45) is 0 Å². The van der Waals surface area contributed by atoms with Crippen LogP contribution in [0.15, 0.2) is 17.7 Å². The second kappa shape index (κ2) is 6.31. The number of carboxylic acid groups (broad SMARTS) is 1. The number of carboxylic acids is 1. The van der Waals surface area contributed by atoms with E-state index in [1.807, 2.05) is 20.8 Å². The molecule has 0 bridgehead atoms. The van der Waals surface area contributed by atoms with Crippen molar-refractivity contribution < 1.29 is 27.8 Å². The van der Waals surface area contributed by atoms with Crippen molar-refractivity contribution in [3.8, 4) is 5.75 Å². The second-order valence-corrected chi connectivity index (χ2v) is 6.86. The van der Waals surface area contributed by atoms with Crippen LogP contribution in [0, 0.1) is 0 Å². The molecular formula is C17H18ClF3O3. The average molecular weight is 363 g/mol. The monoisotopic (exact) mass is 362 g/mol. The van der Waals surface area contributed by atoms with Gasteiger partial charge in [-0.1, -0.05) is 38.8 Å². The van der Waals surface area contributed by atoms with Gasteiger partial charge in [-0.3, -0.25) is 0 Å². The molecule has 0 aliphatic carbocycles. The Morgan fingerprint density at radius 2 is 1.96 bits per heavy atom. The quantitative estimate of drug-likeness (QED) is 0.799. The molecule has 0 spiro atoms. The normalized spacial score (nSPS) is 17.8. The maximum Gasteiger partial charge on any atom is 0.430 e. The molecule has 0 radical (unpaired) electrons. The Morgan fingerprint density at radius 1 is 1.33 bits per heavy atom. The first-order valence-corrected chi connectivity index (χ1v) is 7.87. The lowest BCUT2D eigenvalue weighted by atomic mass is 9.80. The first kappa shape index (κ1) is 18.6. The molecule has 0 saturated heterocycles. The van der Waals surface area contributed by atoms with E-state index in [0.717, 1.165) is 18.9 Å². The molecule has 1 aliphatic heterocycles. The Balaban J connectivity index is 2.57. The Morgan fingerprint density at radius 3 is 2.46 bits per heavy atom. The Bertz CT molecular complexity index is 693. The van der Waals surface area contributed by atoms with E-state index < -0.39 is 23.8 Å². The molecule has 1 unspecified atom stereocenters. The predicted octanol–water partition coefficient (Wildman–Crippen LogP) is 5.21. The molecule has 132 valence electrons. The third-order valence-electron chi connectivity index (χ3n) is 4.09. The van der Waals surface area contributed by atoms with Gasteiger partial charge < -0.3 is 9.84 Å². The van der Waals surface area contributed by atoms with Crippen LogP contribution in [0.3, 0.4) is 0 Å². The molecule has 7 heteroatoms. The average Bonchev–Trinajstić information content (AvgIpc) is 2.43. The van der Waals surface area contributed by atoms with E-state index in [-0.39, 0.29) is 16.7 Å². The number of ether oxygens (including phenoxy) is 1. The lowest BCUT2D eigenvalue weighted by molar-refractivity contribution is -0.187. The number of benzene rings is 1. The van der Waals surface area contributed by atoms with Crippen molar-refractivity contribution in [1.82, 2.24) is 0 Å². The van der Waals surface area contributed by atoms with Gasteiger partial charge in [-0.05, 0) is 35.6 Å². The molecule has 24 heavy (non-hydrogen) atoms. The summed E-state index contributed by atoms with van der Waals surface area (Å²) in [5, 5.41) is 9.42. The number of aliphatic carboxylic acids is 1. The summed E-state index contributed by atoms with van der Waals surface area (Å²) in [7, 11) is 0. The minimum atomic E-state index is -4.82. The smallest absolute Gasteiger partial charge is 0.430 e. The zero-order valence-corrected chi connectivity index (χ0v) is 14.3. The molecular weight excluding hydrogens is 345 g/mol. The van der Waals surface area contributed by atoms with Crippen molar-refractivity contribution in [3.05, 3.63) is 33.9 Å². The highest BCUT2D eigenvalue weighted by Gasteiger charge is 2.48. The fourth-order valence-corrected chi connectivity index (χ4v) is 3.34. The SMILES string of the molecule is CCCC(C)(C)c1cc2c(cc1Cl)C=C(C(=O)O)C(C(F)(F)F)O2. The number of carbonyl (C=O) groups is 1. The van der Waals surface area contributed by atoms with Crippen LogP contribution in [0.4, 0.5) is 13.2 Å². The van der Waals surface area contributed by atoms with Crippen molar-refractivity contribution in [1.29, 1.82) is 0 Å². The van der Waals surface area contributed by atoms with E-state index >= 15 is 0 Å². The molecule has 3 nitrogen and oxygen atoms in total. The van der Waals surface area contributed by atoms with Crippen LogP contribution in [0.1, 0.15) is 44.7 Å². The number of hydrogen-bond donors (Lipinski definition) is 1. The van der Waals surface area contributed by atoms with E-state index in [1.54, 1.807) is 0 Å². The van der Waals surface area contributed by atoms with Gasteiger partial charge in [0.25, 0.3) is 0 Å². The summed E-state index contributed by atoms with van der Waals surface area (Å²) in [6.45, 7) is 5.91. The van der Waals surface area contributed by atoms with Gasteiger partial charge in [0.05, 0.1) is 5.57 Å². The summed E-state index contributed by atoms with van der Waals surface area (Å²) < 4.78 is 44.4. The van der Waals surface area contributed by atoms with Crippen molar-refractivity contribution in [3.63, 3.8) is 0 Å². The molecule has 0 aromatic heterocycles. The van der Waals surface area contributed by atoms with Gasteiger partial charge in [-0.15, -0.1) is 0 Å². The van der Waals surface area contributed by atoms with Gasteiger partial charge in [0.15, 0.2) is 0 Å². The van der Waals surface area contributed by atoms with Crippen LogP contribution in [0.5, 0.6) is 5.75 Å². The fraction of sp³-hybridized carbons (Fsp3) is 0.471. The standard InChI is InChI=1S/C17H18ClF3O3/c1-4-5-16(2,3)11-8-13-9(7-12(11)18)6-10(15(22)23)14(24-13)17(19,20)21/h6-8,14H,4-5H2,1-3H3,(H,22,23). The summed E-state index contributed by atoms with van der Waals surface area (Å²) in [6.07, 6.45) is -4.66. The van der Waals surface area contributed by atoms with Crippen molar-refractivity contribution in [2.75, 3.05) is 0 Å². The summed E-state index contributed by atoms with van der Waals surface area (Å²) in [6, 6.07) is 2.94. The number of hydrogen-bond acceptors (Lipinski definition) is 2. The minimum Gasteiger partial charge on any atom is -0.478 e. The molecule has 1 atom stereocenters. The highest BCUT2D eigenvalue weighted by Crippen LogP contribution is 2.43. The fourth-order valence-electron chi connectivity index (χ4n) is 2.91. The third kappa shape index (κ3) is 3.53. The number of halogens is 4. The zero-order valence-electron chi connectivity index (χ0n) is 13.5. The van der Waals surface area contributed by atoms with E-state index in [2.05, 4.69) is 0 Å². The maximum atomic E-state index is 13.1. The summed E-state index contributed by atoms with van der Waals surface area (Å²) >= 11 is 6.28. The van der Waals surface area contributed by atoms with E-state index in [9.17, 15) is 18.0 Å². The van der Waals surface area contributed by atoms with E-state index in [0.29, 0.717) is 10.6 Å². The highest BCUT2D eigenvalue weighted by molar-refractivity contribution is 6.31. The first-order valence-electron chi connectivity index (χ1n) is 7.49. The maximum absolute atomic E-state index is 13.1.